The minimum absolute atomic E-state index is 0.389. The molecule has 2 aliphatic heterocycles. The number of likely N-dealkylation sites (tertiary alicyclic amines) is 1. The predicted molar refractivity (Wildman–Crippen MR) is 95.2 cm³/mol. The van der Waals surface area contributed by atoms with Crippen molar-refractivity contribution in [1.29, 1.82) is 0 Å². The van der Waals surface area contributed by atoms with Gasteiger partial charge in [0, 0.05) is 49.8 Å². The van der Waals surface area contributed by atoms with E-state index in [0.29, 0.717) is 5.41 Å². The van der Waals surface area contributed by atoms with Gasteiger partial charge in [-0.2, -0.15) is 0 Å². The summed E-state index contributed by atoms with van der Waals surface area (Å²) >= 11 is 1.77. The number of guanidine groups is 1. The molecule has 1 aromatic rings. The van der Waals surface area contributed by atoms with Crippen LogP contribution in [0, 0.1) is 12.3 Å². The van der Waals surface area contributed by atoms with E-state index < -0.39 is 0 Å². The molecule has 23 heavy (non-hydrogen) atoms. The Hall–Kier alpha value is -1.14. The smallest absolute Gasteiger partial charge is 0.193 e. The summed E-state index contributed by atoms with van der Waals surface area (Å²) < 4.78 is 5.61. The Balaban J connectivity index is 1.37. The second kappa shape index (κ2) is 7.62. The lowest BCUT2D eigenvalue weighted by atomic mass is 9.87. The number of hydrogen-bond acceptors (Lipinski definition) is 4. The number of rotatable bonds is 5. The quantitative estimate of drug-likeness (QED) is 0.510. The van der Waals surface area contributed by atoms with Crippen LogP contribution >= 0.6 is 11.3 Å². The SMILES string of the molecule is CN=C(NCCCCc1nc(C)cs1)N1CCC2(CCOC2)C1. The van der Waals surface area contributed by atoms with Crippen LogP contribution in [0.2, 0.25) is 0 Å². The van der Waals surface area contributed by atoms with Crippen molar-refractivity contribution in [1.82, 2.24) is 15.2 Å². The zero-order chi connectivity index (χ0) is 16.1. The van der Waals surface area contributed by atoms with Crippen molar-refractivity contribution in [2.75, 3.05) is 39.9 Å². The second-order valence-electron chi connectivity index (χ2n) is 6.79. The minimum Gasteiger partial charge on any atom is -0.381 e. The molecular weight excluding hydrogens is 308 g/mol. The van der Waals surface area contributed by atoms with Crippen molar-refractivity contribution in [3.63, 3.8) is 0 Å². The number of aromatic nitrogens is 1. The number of hydrogen-bond donors (Lipinski definition) is 1. The van der Waals surface area contributed by atoms with E-state index in [1.807, 2.05) is 7.05 Å². The first-order valence-electron chi connectivity index (χ1n) is 8.65. The van der Waals surface area contributed by atoms with Crippen molar-refractivity contribution < 1.29 is 4.74 Å². The summed E-state index contributed by atoms with van der Waals surface area (Å²) in [6.07, 6.45) is 5.85. The van der Waals surface area contributed by atoms with E-state index in [1.165, 1.54) is 24.3 Å². The molecule has 3 heterocycles. The highest BCUT2D eigenvalue weighted by Gasteiger charge is 2.42. The van der Waals surface area contributed by atoms with E-state index in [-0.39, 0.29) is 0 Å². The van der Waals surface area contributed by atoms with Gasteiger partial charge in [-0.25, -0.2) is 4.98 Å². The molecule has 2 aliphatic rings. The number of unbranched alkanes of at least 4 members (excludes halogenated alkanes) is 1. The lowest BCUT2D eigenvalue weighted by Gasteiger charge is -2.24. The van der Waals surface area contributed by atoms with Crippen LogP contribution < -0.4 is 5.32 Å². The Morgan fingerprint density at radius 3 is 3.09 bits per heavy atom. The summed E-state index contributed by atoms with van der Waals surface area (Å²) in [4.78, 5) is 11.4. The molecule has 5 nitrogen and oxygen atoms in total. The number of ether oxygens (including phenoxy) is 1. The molecule has 0 radical (unpaired) electrons. The molecule has 1 N–H and O–H groups in total. The fourth-order valence-corrected chi connectivity index (χ4v) is 4.36. The van der Waals surface area contributed by atoms with Crippen LogP contribution in [-0.4, -0.2) is 55.7 Å². The minimum atomic E-state index is 0.389. The summed E-state index contributed by atoms with van der Waals surface area (Å²) in [5.74, 6) is 1.05. The molecule has 0 aromatic carbocycles. The number of aliphatic imine (C=N–C) groups is 1. The zero-order valence-corrected chi connectivity index (χ0v) is 15.1. The molecule has 1 atom stereocenters. The van der Waals surface area contributed by atoms with E-state index in [2.05, 4.69) is 32.5 Å². The largest absolute Gasteiger partial charge is 0.381 e. The Bertz CT molecular complexity index is 536. The van der Waals surface area contributed by atoms with Gasteiger partial charge in [0.15, 0.2) is 5.96 Å². The first kappa shape index (κ1) is 16.7. The standard InChI is InChI=1S/C17H28N4OS/c1-14-11-23-15(20-14)5-3-4-8-19-16(18-2)21-9-6-17(12-21)7-10-22-13-17/h11H,3-10,12-13H2,1-2H3,(H,18,19). The lowest BCUT2D eigenvalue weighted by molar-refractivity contribution is 0.156. The molecule has 0 saturated carbocycles. The Kier molecular flexibility index (Phi) is 5.54. The third kappa shape index (κ3) is 4.23. The van der Waals surface area contributed by atoms with Crippen molar-refractivity contribution >= 4 is 17.3 Å². The molecule has 2 saturated heterocycles. The van der Waals surface area contributed by atoms with E-state index in [4.69, 9.17) is 4.74 Å². The molecule has 2 fully saturated rings. The predicted octanol–water partition coefficient (Wildman–Crippen LogP) is 2.46. The van der Waals surface area contributed by atoms with Crippen LogP contribution in [0.4, 0.5) is 0 Å². The van der Waals surface area contributed by atoms with Crippen molar-refractivity contribution in [2.45, 2.75) is 39.0 Å². The second-order valence-corrected chi connectivity index (χ2v) is 7.73. The highest BCUT2D eigenvalue weighted by Crippen LogP contribution is 2.38. The fraction of sp³-hybridized carbons (Fsp3) is 0.765. The maximum Gasteiger partial charge on any atom is 0.193 e. The van der Waals surface area contributed by atoms with Gasteiger partial charge >= 0.3 is 0 Å². The first-order chi connectivity index (χ1) is 11.2. The summed E-state index contributed by atoms with van der Waals surface area (Å²) in [5.41, 5.74) is 1.53. The van der Waals surface area contributed by atoms with Gasteiger partial charge in [0.25, 0.3) is 0 Å². The molecule has 6 heteroatoms. The molecular formula is C17H28N4OS. The summed E-state index contributed by atoms with van der Waals surface area (Å²) in [6, 6.07) is 0. The van der Waals surface area contributed by atoms with Gasteiger partial charge in [-0.05, 0) is 39.0 Å². The molecule has 0 amide bonds. The average molecular weight is 337 g/mol. The lowest BCUT2D eigenvalue weighted by Crippen LogP contribution is -2.41. The molecule has 1 spiro atoms. The zero-order valence-electron chi connectivity index (χ0n) is 14.3. The van der Waals surface area contributed by atoms with Crippen molar-refractivity contribution in [2.24, 2.45) is 10.4 Å². The normalized spacial score (nSPS) is 24.8. The number of nitrogens with one attached hydrogen (secondary N) is 1. The number of aryl methyl sites for hydroxylation is 2. The molecule has 0 bridgehead atoms. The van der Waals surface area contributed by atoms with Crippen LogP contribution in [0.5, 0.6) is 0 Å². The van der Waals surface area contributed by atoms with Crippen molar-refractivity contribution in [3.05, 3.63) is 16.1 Å². The fourth-order valence-electron chi connectivity index (χ4n) is 3.54. The highest BCUT2D eigenvalue weighted by molar-refractivity contribution is 7.09. The van der Waals surface area contributed by atoms with Crippen LogP contribution in [0.25, 0.3) is 0 Å². The number of nitrogens with zero attached hydrogens (tertiary/aromatic N) is 3. The van der Waals surface area contributed by atoms with E-state index in [9.17, 15) is 0 Å². The van der Waals surface area contributed by atoms with Crippen LogP contribution in [0.15, 0.2) is 10.4 Å². The molecule has 1 unspecified atom stereocenters. The van der Waals surface area contributed by atoms with Crippen LogP contribution in [-0.2, 0) is 11.2 Å². The molecule has 1 aromatic heterocycles. The van der Waals surface area contributed by atoms with Crippen LogP contribution in [0.3, 0.4) is 0 Å². The summed E-state index contributed by atoms with van der Waals surface area (Å²) in [6.45, 7) is 7.08. The Labute approximate surface area is 143 Å². The summed E-state index contributed by atoms with van der Waals surface area (Å²) in [5, 5.41) is 6.92. The van der Waals surface area contributed by atoms with Gasteiger partial charge in [-0.15, -0.1) is 11.3 Å². The maximum absolute atomic E-state index is 5.61. The highest BCUT2D eigenvalue weighted by atomic mass is 32.1. The maximum atomic E-state index is 5.61. The monoisotopic (exact) mass is 336 g/mol. The third-order valence-electron chi connectivity index (χ3n) is 4.90. The molecule has 128 valence electrons. The van der Waals surface area contributed by atoms with Gasteiger partial charge in [0.2, 0.25) is 0 Å². The van der Waals surface area contributed by atoms with E-state index in [0.717, 1.165) is 57.3 Å². The van der Waals surface area contributed by atoms with E-state index in [1.54, 1.807) is 11.3 Å². The topological polar surface area (TPSA) is 49.8 Å². The van der Waals surface area contributed by atoms with Crippen molar-refractivity contribution in [3.8, 4) is 0 Å². The van der Waals surface area contributed by atoms with Crippen LogP contribution in [0.1, 0.15) is 36.4 Å². The molecule has 0 aliphatic carbocycles. The average Bonchev–Trinajstić information content (AvgIpc) is 3.27. The number of thiazole rings is 1. The van der Waals surface area contributed by atoms with Gasteiger partial charge < -0.3 is 15.0 Å². The molecule has 3 rings (SSSR count). The van der Waals surface area contributed by atoms with E-state index >= 15 is 0 Å². The van der Waals surface area contributed by atoms with Gasteiger partial charge in [-0.3, -0.25) is 4.99 Å². The van der Waals surface area contributed by atoms with Gasteiger partial charge in [-0.1, -0.05) is 0 Å². The van der Waals surface area contributed by atoms with Gasteiger partial charge in [0.1, 0.15) is 0 Å². The Morgan fingerprint density at radius 2 is 2.39 bits per heavy atom. The Morgan fingerprint density at radius 1 is 1.48 bits per heavy atom. The first-order valence-corrected chi connectivity index (χ1v) is 9.53. The third-order valence-corrected chi connectivity index (χ3v) is 5.93. The summed E-state index contributed by atoms with van der Waals surface area (Å²) in [7, 11) is 1.89. The van der Waals surface area contributed by atoms with Gasteiger partial charge in [0.05, 0.1) is 11.6 Å².